The van der Waals surface area contributed by atoms with Crippen LogP contribution >= 0.6 is 0 Å². The number of rotatable bonds is 7. The lowest BCUT2D eigenvalue weighted by atomic mass is 10.0. The molecule has 1 aromatic heterocycles. The van der Waals surface area contributed by atoms with Gasteiger partial charge >= 0.3 is 0 Å². The summed E-state index contributed by atoms with van der Waals surface area (Å²) in [6.07, 6.45) is -3.14. The van der Waals surface area contributed by atoms with Crippen LogP contribution in [-0.2, 0) is 0 Å². The molecule has 116 valence electrons. The van der Waals surface area contributed by atoms with E-state index in [0.717, 1.165) is 6.21 Å². The van der Waals surface area contributed by atoms with Gasteiger partial charge in [0, 0.05) is 18.0 Å². The number of aliphatic hydroxyl groups excluding tert-OH is 5. The van der Waals surface area contributed by atoms with Gasteiger partial charge < -0.3 is 25.5 Å². The van der Waals surface area contributed by atoms with Gasteiger partial charge in [0.2, 0.25) is 0 Å². The molecule has 0 aliphatic carbocycles. The molecule has 0 bridgehead atoms. The second-order valence-corrected chi connectivity index (χ2v) is 4.18. The van der Waals surface area contributed by atoms with Crippen LogP contribution in [0.5, 0.6) is 0 Å². The molecule has 9 heteroatoms. The number of hydrazone groups is 1. The number of pyridine rings is 1. The third-order valence-corrected chi connectivity index (χ3v) is 2.62. The van der Waals surface area contributed by atoms with Crippen molar-refractivity contribution in [2.45, 2.75) is 24.4 Å². The van der Waals surface area contributed by atoms with Gasteiger partial charge in [-0.1, -0.05) is 0 Å². The molecule has 0 fully saturated rings. The third kappa shape index (κ3) is 5.17. The van der Waals surface area contributed by atoms with Crippen LogP contribution in [0.1, 0.15) is 10.4 Å². The number of hydrogen-bond acceptors (Lipinski definition) is 8. The fraction of sp³-hybridized carbons (Fsp3) is 0.417. The SMILES string of the molecule is O=C(N/N=C/[C@H](O)[C@@H](O)[C@@H](O)[C@H](O)CO)c1ccncc1. The minimum Gasteiger partial charge on any atom is -0.394 e. The quantitative estimate of drug-likeness (QED) is 0.235. The first-order valence-corrected chi connectivity index (χ1v) is 6.04. The van der Waals surface area contributed by atoms with E-state index in [1.165, 1.54) is 24.5 Å². The molecule has 1 amide bonds. The van der Waals surface area contributed by atoms with Crippen LogP contribution in [-0.4, -0.2) is 73.7 Å². The zero-order valence-corrected chi connectivity index (χ0v) is 10.9. The smallest absolute Gasteiger partial charge is 0.271 e. The van der Waals surface area contributed by atoms with Gasteiger partial charge in [0.1, 0.15) is 24.4 Å². The van der Waals surface area contributed by atoms with Crippen LogP contribution in [0.4, 0.5) is 0 Å². The summed E-state index contributed by atoms with van der Waals surface area (Å²) >= 11 is 0. The fourth-order valence-corrected chi connectivity index (χ4v) is 1.37. The molecule has 1 heterocycles. The third-order valence-electron chi connectivity index (χ3n) is 2.62. The van der Waals surface area contributed by atoms with Crippen molar-refractivity contribution in [1.29, 1.82) is 0 Å². The van der Waals surface area contributed by atoms with Crippen molar-refractivity contribution in [3.63, 3.8) is 0 Å². The molecule has 4 atom stereocenters. The Morgan fingerprint density at radius 3 is 2.43 bits per heavy atom. The van der Waals surface area contributed by atoms with Gasteiger partial charge in [-0.05, 0) is 12.1 Å². The summed E-state index contributed by atoms with van der Waals surface area (Å²) in [6.45, 7) is -0.777. The Balaban J connectivity index is 2.51. The number of hydrogen-bond donors (Lipinski definition) is 6. The first-order valence-electron chi connectivity index (χ1n) is 6.04. The average molecular weight is 299 g/mol. The number of carbonyl (C=O) groups is 1. The van der Waals surface area contributed by atoms with Crippen LogP contribution in [0.25, 0.3) is 0 Å². The number of aromatic nitrogens is 1. The monoisotopic (exact) mass is 299 g/mol. The van der Waals surface area contributed by atoms with Crippen molar-refractivity contribution in [2.75, 3.05) is 6.61 Å². The lowest BCUT2D eigenvalue weighted by molar-refractivity contribution is -0.0999. The maximum Gasteiger partial charge on any atom is 0.271 e. The lowest BCUT2D eigenvalue weighted by Gasteiger charge is -2.23. The first kappa shape index (κ1) is 17.1. The minimum atomic E-state index is -1.77. The van der Waals surface area contributed by atoms with E-state index >= 15 is 0 Å². The standard InChI is InChI=1S/C12H17N3O6/c16-6-9(18)11(20)10(19)8(17)5-14-15-12(21)7-1-3-13-4-2-7/h1-5,8-11,16-20H,6H2,(H,15,21)/b14-5+/t8-,9+,10+,11-/m0/s1. The van der Waals surface area contributed by atoms with E-state index in [1.807, 2.05) is 0 Å². The summed E-state index contributed by atoms with van der Waals surface area (Å²) in [4.78, 5) is 15.3. The molecule has 0 aromatic carbocycles. The zero-order chi connectivity index (χ0) is 15.8. The van der Waals surface area contributed by atoms with E-state index in [2.05, 4.69) is 15.5 Å². The van der Waals surface area contributed by atoms with E-state index in [4.69, 9.17) is 10.2 Å². The van der Waals surface area contributed by atoms with Crippen LogP contribution in [0.15, 0.2) is 29.6 Å². The number of aliphatic hydroxyl groups is 5. The predicted octanol–water partition coefficient (Wildman–Crippen LogP) is -2.77. The Labute approximate surface area is 120 Å². The van der Waals surface area contributed by atoms with Crippen molar-refractivity contribution in [3.05, 3.63) is 30.1 Å². The van der Waals surface area contributed by atoms with Crippen molar-refractivity contribution in [3.8, 4) is 0 Å². The number of nitrogens with zero attached hydrogens (tertiary/aromatic N) is 2. The average Bonchev–Trinajstić information content (AvgIpc) is 2.53. The number of nitrogens with one attached hydrogen (secondary N) is 1. The van der Waals surface area contributed by atoms with Gasteiger partial charge in [0.15, 0.2) is 0 Å². The van der Waals surface area contributed by atoms with Gasteiger partial charge in [-0.15, -0.1) is 0 Å². The van der Waals surface area contributed by atoms with E-state index in [9.17, 15) is 20.1 Å². The summed E-state index contributed by atoms with van der Waals surface area (Å²) in [5.41, 5.74) is 2.40. The zero-order valence-electron chi connectivity index (χ0n) is 10.9. The molecule has 0 aliphatic rings. The van der Waals surface area contributed by atoms with Crippen molar-refractivity contribution in [2.24, 2.45) is 5.10 Å². The molecule has 0 aliphatic heterocycles. The molecular weight excluding hydrogens is 282 g/mol. The van der Waals surface area contributed by atoms with E-state index in [-0.39, 0.29) is 0 Å². The molecule has 0 saturated heterocycles. The predicted molar refractivity (Wildman–Crippen MR) is 71.3 cm³/mol. The Hall–Kier alpha value is -1.91. The Morgan fingerprint density at radius 2 is 1.86 bits per heavy atom. The van der Waals surface area contributed by atoms with E-state index in [0.29, 0.717) is 5.56 Å². The van der Waals surface area contributed by atoms with Crippen molar-refractivity contribution in [1.82, 2.24) is 10.4 Å². The normalized spacial score (nSPS) is 17.2. The highest BCUT2D eigenvalue weighted by Gasteiger charge is 2.29. The molecule has 6 N–H and O–H groups in total. The highest BCUT2D eigenvalue weighted by atomic mass is 16.4. The second-order valence-electron chi connectivity index (χ2n) is 4.18. The number of amides is 1. The topological polar surface area (TPSA) is 156 Å². The molecule has 0 spiro atoms. The maximum absolute atomic E-state index is 11.6. The Kier molecular flexibility index (Phi) is 6.85. The molecule has 0 radical (unpaired) electrons. The molecule has 0 unspecified atom stereocenters. The van der Waals surface area contributed by atoms with Crippen LogP contribution in [0.3, 0.4) is 0 Å². The largest absolute Gasteiger partial charge is 0.394 e. The molecule has 0 saturated carbocycles. The van der Waals surface area contributed by atoms with Gasteiger partial charge in [-0.25, -0.2) is 5.43 Å². The first-order chi connectivity index (χ1) is 9.97. The van der Waals surface area contributed by atoms with Gasteiger partial charge in [0.25, 0.3) is 5.91 Å². The van der Waals surface area contributed by atoms with Crippen molar-refractivity contribution < 1.29 is 30.3 Å². The summed E-state index contributed by atoms with van der Waals surface area (Å²) < 4.78 is 0. The molecule has 9 nitrogen and oxygen atoms in total. The Bertz CT molecular complexity index is 469. The summed E-state index contributed by atoms with van der Waals surface area (Å²) in [7, 11) is 0. The highest BCUT2D eigenvalue weighted by molar-refractivity contribution is 5.94. The van der Waals surface area contributed by atoms with Gasteiger partial charge in [-0.3, -0.25) is 9.78 Å². The summed E-state index contributed by atoms with van der Waals surface area (Å²) in [5, 5.41) is 49.5. The van der Waals surface area contributed by atoms with Crippen LogP contribution in [0, 0.1) is 0 Å². The minimum absolute atomic E-state index is 0.299. The molecule has 21 heavy (non-hydrogen) atoms. The van der Waals surface area contributed by atoms with Gasteiger partial charge in [0.05, 0.1) is 12.8 Å². The van der Waals surface area contributed by atoms with E-state index in [1.54, 1.807) is 0 Å². The van der Waals surface area contributed by atoms with Crippen LogP contribution in [0.2, 0.25) is 0 Å². The molecular formula is C12H17N3O6. The molecule has 1 rings (SSSR count). The Morgan fingerprint density at radius 1 is 1.24 bits per heavy atom. The fourth-order valence-electron chi connectivity index (χ4n) is 1.37. The van der Waals surface area contributed by atoms with E-state index < -0.39 is 36.9 Å². The highest BCUT2D eigenvalue weighted by Crippen LogP contribution is 2.03. The number of carbonyl (C=O) groups excluding carboxylic acids is 1. The van der Waals surface area contributed by atoms with Gasteiger partial charge in [-0.2, -0.15) is 5.10 Å². The van der Waals surface area contributed by atoms with Crippen molar-refractivity contribution >= 4 is 12.1 Å². The molecule has 1 aromatic rings. The second kappa shape index (κ2) is 8.39. The maximum atomic E-state index is 11.6. The lowest BCUT2D eigenvalue weighted by Crippen LogP contribution is -2.46. The summed E-state index contributed by atoms with van der Waals surface area (Å²) in [6, 6.07) is 2.91. The van der Waals surface area contributed by atoms with Crippen LogP contribution < -0.4 is 5.43 Å². The summed E-state index contributed by atoms with van der Waals surface area (Å²) in [5.74, 6) is -0.550.